The quantitative estimate of drug-likeness (QED) is 0.819. The number of halogens is 2. The molecule has 0 aliphatic heterocycles. The number of fused-ring (bicyclic) bond motifs is 1. The van der Waals surface area contributed by atoms with E-state index in [-0.39, 0.29) is 12.0 Å². The zero-order chi connectivity index (χ0) is 12.5. The van der Waals surface area contributed by atoms with E-state index >= 15 is 0 Å². The second-order valence-corrected chi connectivity index (χ2v) is 3.78. The summed E-state index contributed by atoms with van der Waals surface area (Å²) in [5, 5.41) is 8.34. The maximum atomic E-state index is 13.7. The van der Waals surface area contributed by atoms with Crippen molar-refractivity contribution in [3.8, 4) is 6.07 Å². The first-order valence-electron chi connectivity index (χ1n) is 5.15. The van der Waals surface area contributed by atoms with Crippen LogP contribution in [-0.2, 0) is 5.92 Å². The van der Waals surface area contributed by atoms with E-state index < -0.39 is 12.3 Å². The van der Waals surface area contributed by atoms with E-state index in [1.54, 1.807) is 13.0 Å². The Balaban J connectivity index is 2.38. The Morgan fingerprint density at radius 3 is 2.94 bits per heavy atom. The number of nitrogens with zero attached hydrogens (tertiary/aromatic N) is 2. The predicted octanol–water partition coefficient (Wildman–Crippen LogP) is 3.53. The largest absolute Gasteiger partial charge is 0.441 e. The Kier molecular flexibility index (Phi) is 2.80. The summed E-state index contributed by atoms with van der Waals surface area (Å²) in [6.45, 7) is 1.66. The van der Waals surface area contributed by atoms with Gasteiger partial charge >= 0.3 is 0 Å². The van der Waals surface area contributed by atoms with Crippen LogP contribution in [0.4, 0.5) is 8.78 Å². The Morgan fingerprint density at radius 1 is 1.47 bits per heavy atom. The molecule has 3 nitrogen and oxygen atoms in total. The molecule has 5 heteroatoms. The number of hydrogen-bond acceptors (Lipinski definition) is 3. The molecule has 0 aliphatic carbocycles. The molecule has 0 fully saturated rings. The maximum absolute atomic E-state index is 13.7. The molecule has 2 aromatic rings. The normalized spacial score (nSPS) is 11.6. The van der Waals surface area contributed by atoms with Gasteiger partial charge in [-0.15, -0.1) is 0 Å². The van der Waals surface area contributed by atoms with Crippen LogP contribution in [0.1, 0.15) is 24.3 Å². The minimum Gasteiger partial charge on any atom is -0.441 e. The Morgan fingerprint density at radius 2 is 2.24 bits per heavy atom. The van der Waals surface area contributed by atoms with E-state index in [2.05, 4.69) is 4.98 Å². The number of alkyl halides is 2. The van der Waals surface area contributed by atoms with Crippen molar-refractivity contribution in [2.75, 3.05) is 0 Å². The third-order valence-electron chi connectivity index (χ3n) is 2.47. The molecule has 0 radical (unpaired) electrons. The number of nitriles is 1. The topological polar surface area (TPSA) is 49.8 Å². The fourth-order valence-corrected chi connectivity index (χ4v) is 1.63. The summed E-state index contributed by atoms with van der Waals surface area (Å²) in [5.74, 6) is -2.56. The zero-order valence-electron chi connectivity index (χ0n) is 9.20. The molecular weight excluding hydrogens is 226 g/mol. The van der Waals surface area contributed by atoms with Crippen molar-refractivity contribution in [3.63, 3.8) is 0 Å². The molecular formula is C12H10F2N2O. The van der Waals surface area contributed by atoms with Gasteiger partial charge < -0.3 is 4.42 Å². The highest BCUT2D eigenvalue weighted by atomic mass is 19.3. The van der Waals surface area contributed by atoms with E-state index in [4.69, 9.17) is 9.68 Å². The Labute approximate surface area is 96.7 Å². The number of aromatic nitrogens is 1. The van der Waals surface area contributed by atoms with Gasteiger partial charge in [0.1, 0.15) is 5.52 Å². The molecule has 1 aromatic heterocycles. The lowest BCUT2D eigenvalue weighted by Crippen LogP contribution is -2.12. The zero-order valence-corrected chi connectivity index (χ0v) is 9.20. The van der Waals surface area contributed by atoms with Gasteiger partial charge in [-0.05, 0) is 18.2 Å². The van der Waals surface area contributed by atoms with Crippen LogP contribution in [0.15, 0.2) is 22.6 Å². The molecule has 0 saturated heterocycles. The molecule has 1 aromatic carbocycles. The number of rotatable bonds is 3. The van der Waals surface area contributed by atoms with Gasteiger partial charge in [-0.25, -0.2) is 13.8 Å². The summed E-state index contributed by atoms with van der Waals surface area (Å²) in [6, 6.07) is 5.82. The number of oxazole rings is 1. The van der Waals surface area contributed by atoms with Gasteiger partial charge in [0.05, 0.1) is 6.07 Å². The Hall–Kier alpha value is -1.96. The van der Waals surface area contributed by atoms with Gasteiger partial charge in [-0.1, -0.05) is 0 Å². The lowest BCUT2D eigenvalue weighted by Gasteiger charge is -2.14. The van der Waals surface area contributed by atoms with Crippen LogP contribution in [-0.4, -0.2) is 4.98 Å². The van der Waals surface area contributed by atoms with Gasteiger partial charge in [-0.3, -0.25) is 0 Å². The average Bonchev–Trinajstić information content (AvgIpc) is 2.65. The van der Waals surface area contributed by atoms with Gasteiger partial charge in [0.2, 0.25) is 0 Å². The van der Waals surface area contributed by atoms with Gasteiger partial charge in [0.15, 0.2) is 11.5 Å². The highest BCUT2D eigenvalue weighted by Crippen LogP contribution is 2.34. The summed E-state index contributed by atoms with van der Waals surface area (Å²) >= 11 is 0. The molecule has 0 saturated carbocycles. The van der Waals surface area contributed by atoms with E-state index in [1.165, 1.54) is 18.2 Å². The van der Waals surface area contributed by atoms with Crippen LogP contribution in [0.25, 0.3) is 11.1 Å². The molecule has 0 aliphatic rings. The van der Waals surface area contributed by atoms with Crippen molar-refractivity contribution < 1.29 is 13.2 Å². The molecule has 88 valence electrons. The minimum atomic E-state index is -3.00. The minimum absolute atomic E-state index is 0.131. The summed E-state index contributed by atoms with van der Waals surface area (Å²) in [6.07, 6.45) is -0.658. The predicted molar refractivity (Wildman–Crippen MR) is 57.5 cm³/mol. The first-order chi connectivity index (χ1) is 8.03. The third kappa shape index (κ3) is 2.26. The van der Waals surface area contributed by atoms with E-state index in [1.807, 2.05) is 0 Å². The monoisotopic (exact) mass is 236 g/mol. The first-order valence-corrected chi connectivity index (χ1v) is 5.15. The summed E-state index contributed by atoms with van der Waals surface area (Å²) in [5.41, 5.74) is 0.771. The molecule has 17 heavy (non-hydrogen) atoms. The summed E-state index contributed by atoms with van der Waals surface area (Å²) in [7, 11) is 0. The van der Waals surface area contributed by atoms with Crippen LogP contribution in [0.5, 0.6) is 0 Å². The van der Waals surface area contributed by atoms with E-state index in [0.29, 0.717) is 17.0 Å². The highest BCUT2D eigenvalue weighted by Gasteiger charge is 2.31. The molecule has 2 rings (SSSR count). The summed E-state index contributed by atoms with van der Waals surface area (Å²) < 4.78 is 32.5. The first kappa shape index (κ1) is 11.5. The molecule has 0 spiro atoms. The molecule has 0 N–H and O–H groups in total. The van der Waals surface area contributed by atoms with E-state index in [9.17, 15) is 8.78 Å². The van der Waals surface area contributed by atoms with Gasteiger partial charge in [-0.2, -0.15) is 5.26 Å². The van der Waals surface area contributed by atoms with Crippen LogP contribution in [0, 0.1) is 18.3 Å². The smallest absolute Gasteiger partial charge is 0.274 e. The van der Waals surface area contributed by atoms with Crippen LogP contribution in [0.2, 0.25) is 0 Å². The number of aryl methyl sites for hydroxylation is 1. The lowest BCUT2D eigenvalue weighted by atomic mass is 10.0. The number of benzene rings is 1. The van der Waals surface area contributed by atoms with E-state index in [0.717, 1.165) is 0 Å². The van der Waals surface area contributed by atoms with Crippen LogP contribution in [0.3, 0.4) is 0 Å². The van der Waals surface area contributed by atoms with Gasteiger partial charge in [0.25, 0.3) is 5.92 Å². The van der Waals surface area contributed by atoms with Crippen molar-refractivity contribution in [1.29, 1.82) is 5.26 Å². The highest BCUT2D eigenvalue weighted by molar-refractivity contribution is 5.73. The SMILES string of the molecule is Cc1nc2cc(C(F)(F)CCC#N)ccc2o1. The van der Waals surface area contributed by atoms with Crippen molar-refractivity contribution in [1.82, 2.24) is 4.98 Å². The molecule has 1 heterocycles. The van der Waals surface area contributed by atoms with Crippen LogP contribution >= 0.6 is 0 Å². The van der Waals surface area contributed by atoms with Gasteiger partial charge in [0, 0.05) is 25.3 Å². The van der Waals surface area contributed by atoms with Crippen molar-refractivity contribution >= 4 is 11.1 Å². The molecule has 0 unspecified atom stereocenters. The third-order valence-corrected chi connectivity index (χ3v) is 2.47. The van der Waals surface area contributed by atoms with Crippen molar-refractivity contribution in [3.05, 3.63) is 29.7 Å². The fourth-order valence-electron chi connectivity index (χ4n) is 1.63. The second kappa shape index (κ2) is 4.13. The van der Waals surface area contributed by atoms with Crippen molar-refractivity contribution in [2.24, 2.45) is 0 Å². The standard InChI is InChI=1S/C12H10F2N2O/c1-8-16-10-7-9(3-4-11(10)17-8)12(13,14)5-2-6-15/h3-4,7H,2,5H2,1H3. The van der Waals surface area contributed by atoms with Crippen molar-refractivity contribution in [2.45, 2.75) is 25.7 Å². The maximum Gasteiger partial charge on any atom is 0.274 e. The molecule has 0 amide bonds. The molecule has 0 bridgehead atoms. The Bertz CT molecular complexity index is 584. The summed E-state index contributed by atoms with van der Waals surface area (Å²) in [4.78, 5) is 4.00. The van der Waals surface area contributed by atoms with Crippen LogP contribution < -0.4 is 0 Å². The average molecular weight is 236 g/mol. The second-order valence-electron chi connectivity index (χ2n) is 3.78. The molecule has 0 atom stereocenters. The number of hydrogen-bond donors (Lipinski definition) is 0. The lowest BCUT2D eigenvalue weighted by molar-refractivity contribution is -0.0118. The fraction of sp³-hybridized carbons (Fsp3) is 0.333.